The fraction of sp³-hybridized carbons (Fsp3) is 0.360. The molecule has 0 saturated carbocycles. The van der Waals surface area contributed by atoms with Gasteiger partial charge in [-0.1, -0.05) is 117 Å². The van der Waals surface area contributed by atoms with Crippen LogP contribution >= 0.6 is 0 Å². The van der Waals surface area contributed by atoms with Crippen LogP contribution in [0.15, 0.2) is 83.0 Å². The molecule has 2 aromatic rings. The van der Waals surface area contributed by atoms with Crippen LogP contribution in [-0.4, -0.2) is 14.8 Å². The number of hydrogen-bond acceptors (Lipinski definition) is 0. The monoisotopic (exact) mass is 374 g/mol. The number of rotatable bonds is 8. The number of hydrogen-bond donors (Lipinski definition) is 0. The SMILES string of the molecule is CCB(CC)/C(CC)=C(/C=C(C)C)[Si](C)(c1ccccc1)c1ccccc1. The van der Waals surface area contributed by atoms with Crippen LogP contribution < -0.4 is 10.4 Å². The first-order valence-electron chi connectivity index (χ1n) is 10.5. The molecule has 0 radical (unpaired) electrons. The maximum absolute atomic E-state index is 2.55. The highest BCUT2D eigenvalue weighted by Crippen LogP contribution is 2.28. The molecule has 27 heavy (non-hydrogen) atoms. The molecule has 0 atom stereocenters. The van der Waals surface area contributed by atoms with Gasteiger partial charge in [-0.3, -0.25) is 0 Å². The van der Waals surface area contributed by atoms with Gasteiger partial charge in [0.25, 0.3) is 0 Å². The molecule has 0 N–H and O–H groups in total. The summed E-state index contributed by atoms with van der Waals surface area (Å²) in [6.07, 6.45) is 6.07. The molecular formula is C25H35BSi. The van der Waals surface area contributed by atoms with Crippen molar-refractivity contribution in [2.75, 3.05) is 0 Å². The molecule has 0 nitrogen and oxygen atoms in total. The molecular weight excluding hydrogens is 339 g/mol. The van der Waals surface area contributed by atoms with Crippen LogP contribution in [0.3, 0.4) is 0 Å². The van der Waals surface area contributed by atoms with Gasteiger partial charge in [0.15, 0.2) is 6.71 Å². The Balaban J connectivity index is 2.89. The van der Waals surface area contributed by atoms with E-state index in [0.29, 0.717) is 6.71 Å². The van der Waals surface area contributed by atoms with E-state index in [0.717, 1.165) is 6.42 Å². The first-order chi connectivity index (χ1) is 13.0. The molecule has 0 saturated heterocycles. The van der Waals surface area contributed by atoms with E-state index in [-0.39, 0.29) is 0 Å². The Labute approximate surface area is 168 Å². The van der Waals surface area contributed by atoms with Crippen LogP contribution in [-0.2, 0) is 0 Å². The van der Waals surface area contributed by atoms with Crippen molar-refractivity contribution < 1.29 is 0 Å². The minimum absolute atomic E-state index is 0.667. The summed E-state index contributed by atoms with van der Waals surface area (Å²) in [5.74, 6) is 0. The van der Waals surface area contributed by atoms with Crippen LogP contribution in [0.5, 0.6) is 0 Å². The summed E-state index contributed by atoms with van der Waals surface area (Å²) in [6, 6.07) is 22.5. The van der Waals surface area contributed by atoms with Crippen LogP contribution in [0.25, 0.3) is 0 Å². The van der Waals surface area contributed by atoms with Gasteiger partial charge >= 0.3 is 0 Å². The molecule has 0 unspecified atom stereocenters. The predicted molar refractivity (Wildman–Crippen MR) is 127 cm³/mol. The lowest BCUT2D eigenvalue weighted by Crippen LogP contribution is -2.58. The van der Waals surface area contributed by atoms with Crippen LogP contribution in [0, 0.1) is 0 Å². The first kappa shape index (κ1) is 21.5. The zero-order valence-electron chi connectivity index (χ0n) is 18.0. The molecule has 142 valence electrons. The number of allylic oxidation sites excluding steroid dienone is 4. The van der Waals surface area contributed by atoms with Crippen molar-refractivity contribution in [2.24, 2.45) is 0 Å². The summed E-state index contributed by atoms with van der Waals surface area (Å²) < 4.78 is 0. The van der Waals surface area contributed by atoms with Gasteiger partial charge in [0.05, 0.1) is 0 Å². The Kier molecular flexibility index (Phi) is 7.92. The van der Waals surface area contributed by atoms with Crippen molar-refractivity contribution in [3.05, 3.63) is 83.0 Å². The topological polar surface area (TPSA) is 0 Å². The second-order valence-electron chi connectivity index (χ2n) is 7.88. The molecule has 2 rings (SSSR count). The van der Waals surface area contributed by atoms with E-state index in [2.05, 4.69) is 108 Å². The summed E-state index contributed by atoms with van der Waals surface area (Å²) in [6.45, 7) is 14.7. The lowest BCUT2D eigenvalue weighted by atomic mass is 9.40. The van der Waals surface area contributed by atoms with Crippen LogP contribution in [0.2, 0.25) is 19.2 Å². The molecule has 0 aromatic heterocycles. The third-order valence-corrected chi connectivity index (χ3v) is 10.4. The zero-order valence-corrected chi connectivity index (χ0v) is 19.0. The van der Waals surface area contributed by atoms with E-state index in [4.69, 9.17) is 0 Å². The molecule has 0 aliphatic carbocycles. The second kappa shape index (κ2) is 9.94. The molecule has 0 fully saturated rings. The predicted octanol–water partition coefficient (Wildman–Crippen LogP) is 6.17. The quantitative estimate of drug-likeness (QED) is 0.383. The highest BCUT2D eigenvalue weighted by atomic mass is 28.3. The van der Waals surface area contributed by atoms with Crippen molar-refractivity contribution >= 4 is 25.2 Å². The molecule has 2 heteroatoms. The largest absolute Gasteiger partial charge is 0.169 e. The van der Waals surface area contributed by atoms with Gasteiger partial charge in [-0.05, 0) is 30.6 Å². The van der Waals surface area contributed by atoms with E-state index >= 15 is 0 Å². The highest BCUT2D eigenvalue weighted by Gasteiger charge is 2.37. The van der Waals surface area contributed by atoms with E-state index < -0.39 is 8.07 Å². The van der Waals surface area contributed by atoms with Gasteiger partial charge in [0.2, 0.25) is 0 Å². The van der Waals surface area contributed by atoms with Gasteiger partial charge in [0, 0.05) is 0 Å². The Morgan fingerprint density at radius 3 is 1.59 bits per heavy atom. The second-order valence-corrected chi connectivity index (χ2v) is 11.8. The van der Waals surface area contributed by atoms with E-state index in [1.54, 1.807) is 10.7 Å². The summed E-state index contributed by atoms with van der Waals surface area (Å²) >= 11 is 0. The fourth-order valence-corrected chi connectivity index (χ4v) is 8.62. The van der Waals surface area contributed by atoms with Crippen LogP contribution in [0.4, 0.5) is 0 Å². The summed E-state index contributed by atoms with van der Waals surface area (Å²) in [4.78, 5) is 0. The smallest absolute Gasteiger partial charge is 0.101 e. The van der Waals surface area contributed by atoms with Crippen molar-refractivity contribution in [3.63, 3.8) is 0 Å². The fourth-order valence-electron chi connectivity index (χ4n) is 4.35. The average Bonchev–Trinajstić information content (AvgIpc) is 2.71. The molecule has 0 bridgehead atoms. The lowest BCUT2D eigenvalue weighted by Gasteiger charge is -2.34. The molecule has 0 amide bonds. The van der Waals surface area contributed by atoms with Crippen LogP contribution in [0.1, 0.15) is 41.0 Å². The summed E-state index contributed by atoms with van der Waals surface area (Å²) in [7, 11) is -2.07. The molecule has 0 aliphatic rings. The van der Waals surface area contributed by atoms with Gasteiger partial charge in [-0.2, -0.15) is 0 Å². The normalized spacial score (nSPS) is 12.4. The molecule has 0 aliphatic heterocycles. The van der Waals surface area contributed by atoms with Gasteiger partial charge < -0.3 is 0 Å². The maximum atomic E-state index is 2.55. The minimum Gasteiger partial charge on any atom is -0.101 e. The van der Waals surface area contributed by atoms with Crippen molar-refractivity contribution in [1.29, 1.82) is 0 Å². The van der Waals surface area contributed by atoms with Gasteiger partial charge in [0.1, 0.15) is 8.07 Å². The maximum Gasteiger partial charge on any atom is 0.169 e. The standard InChI is InChI=1S/C25H35BSi/c1-7-24(26(8-2)9-3)25(20-21(4)5)27(6,22-16-12-10-13-17-22)23-18-14-11-15-19-23/h10-20H,7-9H2,1-6H3/b25-24-. The van der Waals surface area contributed by atoms with Gasteiger partial charge in [-0.25, -0.2) is 0 Å². The van der Waals surface area contributed by atoms with Crippen molar-refractivity contribution in [3.8, 4) is 0 Å². The Hall–Kier alpha value is -1.80. The highest BCUT2D eigenvalue weighted by molar-refractivity contribution is 7.07. The Morgan fingerprint density at radius 1 is 0.815 bits per heavy atom. The van der Waals surface area contributed by atoms with E-state index in [1.165, 1.54) is 28.6 Å². The number of benzene rings is 2. The van der Waals surface area contributed by atoms with Crippen molar-refractivity contribution in [2.45, 2.75) is 60.2 Å². The Bertz CT molecular complexity index is 727. The van der Waals surface area contributed by atoms with Gasteiger partial charge in [-0.15, -0.1) is 5.47 Å². The van der Waals surface area contributed by atoms with E-state index in [1.807, 2.05) is 0 Å². The average molecular weight is 374 g/mol. The molecule has 2 aromatic carbocycles. The Morgan fingerprint density at radius 2 is 1.26 bits per heavy atom. The summed E-state index contributed by atoms with van der Waals surface area (Å²) in [5, 5.41) is 4.62. The summed E-state index contributed by atoms with van der Waals surface area (Å²) in [5.41, 5.74) is 3.07. The molecule has 0 heterocycles. The van der Waals surface area contributed by atoms with E-state index in [9.17, 15) is 0 Å². The lowest BCUT2D eigenvalue weighted by molar-refractivity contribution is 1.14. The third-order valence-electron chi connectivity index (χ3n) is 5.88. The molecule has 0 spiro atoms. The third kappa shape index (κ3) is 4.73. The minimum atomic E-state index is -2.07. The van der Waals surface area contributed by atoms with Crippen molar-refractivity contribution in [1.82, 2.24) is 0 Å². The first-order valence-corrected chi connectivity index (χ1v) is 13.0. The zero-order chi connectivity index (χ0) is 19.9.